The Hall–Kier alpha value is -1.55. The van der Waals surface area contributed by atoms with Gasteiger partial charge in [0.15, 0.2) is 5.96 Å². The lowest BCUT2D eigenvalue weighted by molar-refractivity contribution is 0.336. The van der Waals surface area contributed by atoms with Crippen LogP contribution in [0.5, 0.6) is 0 Å². The van der Waals surface area contributed by atoms with E-state index in [4.69, 9.17) is 4.99 Å². The third-order valence-electron chi connectivity index (χ3n) is 4.09. The second-order valence-electron chi connectivity index (χ2n) is 6.11. The number of nitrogens with one attached hydrogen (secondary N) is 2. The van der Waals surface area contributed by atoms with Crippen LogP contribution in [-0.2, 0) is 6.54 Å². The summed E-state index contributed by atoms with van der Waals surface area (Å²) in [5.41, 5.74) is 1.35. The number of nitrogens with zero attached hydrogens (tertiary/aromatic N) is 2. The van der Waals surface area contributed by atoms with E-state index in [1.54, 1.807) is 0 Å². The molecule has 22 heavy (non-hydrogen) atoms. The first kappa shape index (κ1) is 16.8. The van der Waals surface area contributed by atoms with E-state index >= 15 is 0 Å². The summed E-state index contributed by atoms with van der Waals surface area (Å²) >= 11 is 0. The van der Waals surface area contributed by atoms with Crippen LogP contribution in [0.4, 0.5) is 0 Å². The number of likely N-dealkylation sites (N-methyl/N-ethyl adjacent to an activating group) is 1. The normalized spacial score (nSPS) is 16.2. The van der Waals surface area contributed by atoms with E-state index in [9.17, 15) is 0 Å². The largest absolute Gasteiger partial charge is 0.357 e. The van der Waals surface area contributed by atoms with Gasteiger partial charge >= 0.3 is 0 Å². The lowest BCUT2D eigenvalue weighted by atomic mass is 10.2. The Labute approximate surface area is 135 Å². The lowest BCUT2D eigenvalue weighted by Gasteiger charge is -2.18. The summed E-state index contributed by atoms with van der Waals surface area (Å²) in [5, 5.41) is 6.91. The van der Waals surface area contributed by atoms with Crippen molar-refractivity contribution in [3.05, 3.63) is 35.9 Å². The van der Waals surface area contributed by atoms with Crippen molar-refractivity contribution in [2.24, 2.45) is 4.99 Å². The summed E-state index contributed by atoms with van der Waals surface area (Å²) in [7, 11) is 2.15. The molecular formula is C18H30N4. The van der Waals surface area contributed by atoms with Gasteiger partial charge in [0, 0.05) is 25.7 Å². The Balaban J connectivity index is 1.74. The number of aliphatic imine (C=N–C) groups is 1. The first-order chi connectivity index (χ1) is 10.8. The molecule has 2 rings (SSSR count). The van der Waals surface area contributed by atoms with Crippen LogP contribution >= 0.6 is 0 Å². The number of benzene rings is 1. The van der Waals surface area contributed by atoms with Gasteiger partial charge in [-0.05, 0) is 32.4 Å². The molecule has 0 amide bonds. The number of guanidine groups is 1. The highest BCUT2D eigenvalue weighted by molar-refractivity contribution is 5.80. The van der Waals surface area contributed by atoms with Crippen molar-refractivity contribution in [2.45, 2.75) is 45.2 Å². The molecule has 0 heterocycles. The summed E-state index contributed by atoms with van der Waals surface area (Å²) < 4.78 is 0. The second-order valence-corrected chi connectivity index (χ2v) is 6.11. The monoisotopic (exact) mass is 302 g/mol. The maximum atomic E-state index is 4.71. The van der Waals surface area contributed by atoms with Crippen LogP contribution < -0.4 is 10.6 Å². The van der Waals surface area contributed by atoms with Crippen LogP contribution in [0, 0.1) is 0 Å². The van der Waals surface area contributed by atoms with E-state index < -0.39 is 0 Å². The number of rotatable bonds is 7. The van der Waals surface area contributed by atoms with Gasteiger partial charge in [-0.1, -0.05) is 43.2 Å². The van der Waals surface area contributed by atoms with Gasteiger partial charge in [0.05, 0.1) is 6.54 Å². The smallest absolute Gasteiger partial charge is 0.191 e. The minimum atomic E-state index is 0.611. The molecule has 1 aliphatic rings. The molecule has 0 atom stereocenters. The first-order valence-electron chi connectivity index (χ1n) is 8.55. The molecule has 1 aliphatic carbocycles. The molecule has 122 valence electrons. The van der Waals surface area contributed by atoms with E-state index in [1.165, 1.54) is 31.2 Å². The van der Waals surface area contributed by atoms with E-state index in [0.29, 0.717) is 6.04 Å². The zero-order valence-electron chi connectivity index (χ0n) is 14.0. The Morgan fingerprint density at radius 1 is 1.23 bits per heavy atom. The van der Waals surface area contributed by atoms with Crippen molar-refractivity contribution in [3.63, 3.8) is 0 Å². The summed E-state index contributed by atoms with van der Waals surface area (Å²) in [6.45, 7) is 5.80. The maximum Gasteiger partial charge on any atom is 0.191 e. The molecule has 0 spiro atoms. The standard InChI is InChI=1S/C18H30N4/c1-3-19-18(21-17-11-7-8-12-17)20-13-14-22(2)15-16-9-5-4-6-10-16/h4-6,9-10,17H,3,7-8,11-15H2,1-2H3,(H2,19,20,21). The predicted molar refractivity (Wildman–Crippen MR) is 94.1 cm³/mol. The van der Waals surface area contributed by atoms with Gasteiger partial charge in [0.2, 0.25) is 0 Å². The Morgan fingerprint density at radius 2 is 1.95 bits per heavy atom. The van der Waals surface area contributed by atoms with E-state index in [1.807, 2.05) is 0 Å². The quantitative estimate of drug-likeness (QED) is 0.601. The number of hydrogen-bond donors (Lipinski definition) is 2. The first-order valence-corrected chi connectivity index (χ1v) is 8.55. The van der Waals surface area contributed by atoms with Crippen LogP contribution in [0.1, 0.15) is 38.2 Å². The van der Waals surface area contributed by atoms with Crippen LogP contribution in [0.25, 0.3) is 0 Å². The van der Waals surface area contributed by atoms with Crippen LogP contribution in [0.2, 0.25) is 0 Å². The molecule has 0 radical (unpaired) electrons. The van der Waals surface area contributed by atoms with Gasteiger partial charge in [0.25, 0.3) is 0 Å². The molecule has 1 aromatic rings. The van der Waals surface area contributed by atoms with Crippen LogP contribution in [0.15, 0.2) is 35.3 Å². The van der Waals surface area contributed by atoms with Crippen molar-refractivity contribution in [3.8, 4) is 0 Å². The highest BCUT2D eigenvalue weighted by Gasteiger charge is 2.15. The molecule has 1 fully saturated rings. The molecule has 2 N–H and O–H groups in total. The molecule has 4 nitrogen and oxygen atoms in total. The van der Waals surface area contributed by atoms with E-state index in [2.05, 4.69) is 59.8 Å². The minimum absolute atomic E-state index is 0.611. The topological polar surface area (TPSA) is 39.7 Å². The third kappa shape index (κ3) is 6.06. The van der Waals surface area contributed by atoms with Gasteiger partial charge < -0.3 is 15.5 Å². The number of hydrogen-bond acceptors (Lipinski definition) is 2. The molecule has 1 aromatic carbocycles. The van der Waals surface area contributed by atoms with Crippen molar-refractivity contribution >= 4 is 5.96 Å². The fourth-order valence-electron chi connectivity index (χ4n) is 2.89. The van der Waals surface area contributed by atoms with Gasteiger partial charge in [0.1, 0.15) is 0 Å². The average Bonchev–Trinajstić information content (AvgIpc) is 3.01. The van der Waals surface area contributed by atoms with Gasteiger partial charge in [-0.15, -0.1) is 0 Å². The molecular weight excluding hydrogens is 272 g/mol. The van der Waals surface area contributed by atoms with Crippen molar-refractivity contribution in [2.75, 3.05) is 26.7 Å². The highest BCUT2D eigenvalue weighted by atomic mass is 15.2. The van der Waals surface area contributed by atoms with E-state index in [-0.39, 0.29) is 0 Å². The van der Waals surface area contributed by atoms with Crippen molar-refractivity contribution < 1.29 is 0 Å². The fourth-order valence-corrected chi connectivity index (χ4v) is 2.89. The van der Waals surface area contributed by atoms with Crippen LogP contribution in [-0.4, -0.2) is 43.6 Å². The predicted octanol–water partition coefficient (Wildman–Crippen LogP) is 2.62. The van der Waals surface area contributed by atoms with E-state index in [0.717, 1.165) is 32.1 Å². The SMILES string of the molecule is CCNC(=NCCN(C)Cc1ccccc1)NC1CCCC1. The molecule has 0 saturated heterocycles. The third-order valence-corrected chi connectivity index (χ3v) is 4.09. The average molecular weight is 302 g/mol. The molecule has 0 aromatic heterocycles. The molecule has 0 bridgehead atoms. The Bertz CT molecular complexity index is 438. The zero-order valence-corrected chi connectivity index (χ0v) is 14.0. The van der Waals surface area contributed by atoms with Gasteiger partial charge in [-0.25, -0.2) is 0 Å². The van der Waals surface area contributed by atoms with Crippen molar-refractivity contribution in [1.29, 1.82) is 0 Å². The lowest BCUT2D eigenvalue weighted by Crippen LogP contribution is -2.42. The summed E-state index contributed by atoms with van der Waals surface area (Å²) in [6.07, 6.45) is 5.24. The minimum Gasteiger partial charge on any atom is -0.357 e. The van der Waals surface area contributed by atoms with Crippen LogP contribution in [0.3, 0.4) is 0 Å². The van der Waals surface area contributed by atoms with Gasteiger partial charge in [-0.2, -0.15) is 0 Å². The molecule has 4 heteroatoms. The summed E-state index contributed by atoms with van der Waals surface area (Å²) in [6, 6.07) is 11.2. The zero-order chi connectivity index (χ0) is 15.6. The Kier molecular flexibility index (Phi) is 7.23. The molecule has 1 saturated carbocycles. The molecule has 0 aliphatic heterocycles. The maximum absolute atomic E-state index is 4.71. The second kappa shape index (κ2) is 9.46. The highest BCUT2D eigenvalue weighted by Crippen LogP contribution is 2.17. The van der Waals surface area contributed by atoms with Gasteiger partial charge in [-0.3, -0.25) is 4.99 Å². The van der Waals surface area contributed by atoms with Crippen molar-refractivity contribution in [1.82, 2.24) is 15.5 Å². The Morgan fingerprint density at radius 3 is 2.64 bits per heavy atom. The summed E-state index contributed by atoms with van der Waals surface area (Å²) in [4.78, 5) is 7.03. The summed E-state index contributed by atoms with van der Waals surface area (Å²) in [5.74, 6) is 0.975. The molecule has 0 unspecified atom stereocenters. The fraction of sp³-hybridized carbons (Fsp3) is 0.611.